The van der Waals surface area contributed by atoms with Crippen molar-refractivity contribution in [3.8, 4) is 0 Å². The Morgan fingerprint density at radius 2 is 2.40 bits per heavy atom. The van der Waals surface area contributed by atoms with Crippen LogP contribution in [-0.4, -0.2) is 33.2 Å². The first-order chi connectivity index (χ1) is 12.2. The van der Waals surface area contributed by atoms with Gasteiger partial charge < -0.3 is 19.7 Å². The highest BCUT2D eigenvalue weighted by Gasteiger charge is 2.24. The van der Waals surface area contributed by atoms with E-state index in [0.717, 1.165) is 51.0 Å². The zero-order valence-electron chi connectivity index (χ0n) is 15.0. The third kappa shape index (κ3) is 4.48. The lowest BCUT2D eigenvalue weighted by Crippen LogP contribution is -2.43. The number of nitrogens with zero attached hydrogens (tertiary/aromatic N) is 3. The molecule has 0 aromatic carbocycles. The first-order valence-corrected chi connectivity index (χ1v) is 9.16. The van der Waals surface area contributed by atoms with Crippen molar-refractivity contribution in [2.75, 3.05) is 11.9 Å². The number of carbonyl (C=O) groups excluding carboxylic acids is 1. The van der Waals surface area contributed by atoms with E-state index >= 15 is 0 Å². The lowest BCUT2D eigenvalue weighted by Gasteiger charge is -2.26. The van der Waals surface area contributed by atoms with Crippen LogP contribution in [0.3, 0.4) is 0 Å². The molecule has 25 heavy (non-hydrogen) atoms. The fraction of sp³-hybridized carbons (Fsp3) is 0.611. The standard InChI is InChI=1S/C18H27N5O2/c1-3-4-7-15(18(24)21-16-11-13(2)25-22-16)20-12-14-6-5-9-23-10-8-19-17(14)23/h8,10-11,14-15,20H,3-7,9,12H2,1-2H3,(H,21,22,24)/t14-,15-/m1/s1. The Bertz CT molecular complexity index is 693. The highest BCUT2D eigenvalue weighted by molar-refractivity contribution is 5.94. The lowest BCUT2D eigenvalue weighted by atomic mass is 9.98. The van der Waals surface area contributed by atoms with Gasteiger partial charge in [-0.1, -0.05) is 24.9 Å². The van der Waals surface area contributed by atoms with Gasteiger partial charge in [0, 0.05) is 37.5 Å². The Kier molecular flexibility index (Phi) is 5.86. The summed E-state index contributed by atoms with van der Waals surface area (Å²) >= 11 is 0. The summed E-state index contributed by atoms with van der Waals surface area (Å²) in [5.41, 5.74) is 0. The number of anilines is 1. The molecule has 3 rings (SSSR count). The number of rotatable bonds is 8. The minimum Gasteiger partial charge on any atom is -0.360 e. The molecular weight excluding hydrogens is 318 g/mol. The van der Waals surface area contributed by atoms with Crippen molar-refractivity contribution in [3.63, 3.8) is 0 Å². The van der Waals surface area contributed by atoms with Gasteiger partial charge in [-0.05, 0) is 26.2 Å². The minimum atomic E-state index is -0.234. The topological polar surface area (TPSA) is 85.0 Å². The molecule has 0 fully saturated rings. The van der Waals surface area contributed by atoms with Gasteiger partial charge in [0.2, 0.25) is 5.91 Å². The number of nitrogens with one attached hydrogen (secondary N) is 2. The van der Waals surface area contributed by atoms with Crippen LogP contribution >= 0.6 is 0 Å². The van der Waals surface area contributed by atoms with E-state index in [1.807, 2.05) is 12.4 Å². The molecule has 0 saturated heterocycles. The number of aromatic nitrogens is 3. The van der Waals surface area contributed by atoms with Crippen LogP contribution in [0.2, 0.25) is 0 Å². The molecule has 1 amide bonds. The smallest absolute Gasteiger partial charge is 0.242 e. The lowest BCUT2D eigenvalue weighted by molar-refractivity contribution is -0.118. The maximum Gasteiger partial charge on any atom is 0.242 e. The fourth-order valence-corrected chi connectivity index (χ4v) is 3.36. The second-order valence-electron chi connectivity index (χ2n) is 6.73. The third-order valence-corrected chi connectivity index (χ3v) is 4.72. The molecule has 0 unspecified atom stereocenters. The molecule has 1 aliphatic heterocycles. The van der Waals surface area contributed by atoms with Gasteiger partial charge in [-0.2, -0.15) is 0 Å². The van der Waals surface area contributed by atoms with Gasteiger partial charge in [-0.25, -0.2) is 4.98 Å². The van der Waals surface area contributed by atoms with Gasteiger partial charge in [0.25, 0.3) is 0 Å². The number of amides is 1. The number of fused-ring (bicyclic) bond motifs is 1. The van der Waals surface area contributed by atoms with E-state index in [2.05, 4.69) is 32.3 Å². The highest BCUT2D eigenvalue weighted by Crippen LogP contribution is 2.25. The number of hydrogen-bond acceptors (Lipinski definition) is 5. The van der Waals surface area contributed by atoms with Gasteiger partial charge in [-0.3, -0.25) is 4.79 Å². The van der Waals surface area contributed by atoms with Crippen LogP contribution in [0.4, 0.5) is 5.82 Å². The number of carbonyl (C=O) groups is 1. The normalized spacial score (nSPS) is 17.9. The van der Waals surface area contributed by atoms with Gasteiger partial charge in [0.05, 0.1) is 6.04 Å². The molecule has 2 aromatic heterocycles. The van der Waals surface area contributed by atoms with E-state index < -0.39 is 0 Å². The van der Waals surface area contributed by atoms with Crippen LogP contribution in [0, 0.1) is 6.92 Å². The van der Waals surface area contributed by atoms with Crippen molar-refractivity contribution in [1.29, 1.82) is 0 Å². The largest absolute Gasteiger partial charge is 0.360 e. The van der Waals surface area contributed by atoms with Crippen LogP contribution in [0.15, 0.2) is 23.0 Å². The third-order valence-electron chi connectivity index (χ3n) is 4.72. The molecule has 0 saturated carbocycles. The maximum atomic E-state index is 12.6. The summed E-state index contributed by atoms with van der Waals surface area (Å²) in [5.74, 6) is 2.58. The molecule has 7 nitrogen and oxygen atoms in total. The van der Waals surface area contributed by atoms with Crippen molar-refractivity contribution in [2.45, 2.75) is 64.5 Å². The van der Waals surface area contributed by atoms with Gasteiger partial charge in [-0.15, -0.1) is 0 Å². The maximum absolute atomic E-state index is 12.6. The van der Waals surface area contributed by atoms with Crippen molar-refractivity contribution < 1.29 is 9.32 Å². The molecule has 2 aromatic rings. The Morgan fingerprint density at radius 3 is 3.16 bits per heavy atom. The monoisotopic (exact) mass is 345 g/mol. The number of imidazole rings is 1. The molecular formula is C18H27N5O2. The molecule has 1 aliphatic rings. The van der Waals surface area contributed by atoms with Crippen LogP contribution < -0.4 is 10.6 Å². The first kappa shape index (κ1) is 17.7. The molecule has 0 aliphatic carbocycles. The zero-order valence-corrected chi connectivity index (χ0v) is 15.0. The predicted octanol–water partition coefficient (Wildman–Crippen LogP) is 2.84. The van der Waals surface area contributed by atoms with Crippen molar-refractivity contribution in [1.82, 2.24) is 20.0 Å². The van der Waals surface area contributed by atoms with Gasteiger partial charge >= 0.3 is 0 Å². The molecule has 0 spiro atoms. The Balaban J connectivity index is 1.60. The number of hydrogen-bond donors (Lipinski definition) is 2. The Labute approximate surface area is 148 Å². The molecule has 2 N–H and O–H groups in total. The average molecular weight is 345 g/mol. The molecule has 0 radical (unpaired) electrons. The van der Waals surface area contributed by atoms with Gasteiger partial charge in [0.15, 0.2) is 5.82 Å². The molecule has 2 atom stereocenters. The van der Waals surface area contributed by atoms with E-state index in [-0.39, 0.29) is 11.9 Å². The van der Waals surface area contributed by atoms with Crippen molar-refractivity contribution in [2.24, 2.45) is 0 Å². The summed E-state index contributed by atoms with van der Waals surface area (Å²) in [6, 6.07) is 1.49. The molecule has 0 bridgehead atoms. The summed E-state index contributed by atoms with van der Waals surface area (Å²) in [7, 11) is 0. The first-order valence-electron chi connectivity index (χ1n) is 9.16. The predicted molar refractivity (Wildman–Crippen MR) is 95.4 cm³/mol. The van der Waals surface area contributed by atoms with Crippen LogP contribution in [-0.2, 0) is 11.3 Å². The van der Waals surface area contributed by atoms with E-state index in [1.54, 1.807) is 13.0 Å². The van der Waals surface area contributed by atoms with Crippen LogP contribution in [0.5, 0.6) is 0 Å². The van der Waals surface area contributed by atoms with E-state index in [1.165, 1.54) is 0 Å². The van der Waals surface area contributed by atoms with Crippen LogP contribution in [0.1, 0.15) is 56.5 Å². The zero-order chi connectivity index (χ0) is 17.6. The molecule has 136 valence electrons. The summed E-state index contributed by atoms with van der Waals surface area (Å²) in [5, 5.41) is 10.1. The molecule has 3 heterocycles. The van der Waals surface area contributed by atoms with Crippen molar-refractivity contribution in [3.05, 3.63) is 30.0 Å². The quantitative estimate of drug-likeness (QED) is 0.768. The van der Waals surface area contributed by atoms with Crippen LogP contribution in [0.25, 0.3) is 0 Å². The second-order valence-corrected chi connectivity index (χ2v) is 6.73. The summed E-state index contributed by atoms with van der Waals surface area (Å²) < 4.78 is 7.23. The summed E-state index contributed by atoms with van der Waals surface area (Å²) in [6.45, 7) is 5.74. The fourth-order valence-electron chi connectivity index (χ4n) is 3.36. The Hall–Kier alpha value is -2.15. The second kappa shape index (κ2) is 8.29. The van der Waals surface area contributed by atoms with E-state index in [0.29, 0.717) is 17.5 Å². The average Bonchev–Trinajstić information content (AvgIpc) is 3.24. The molecule has 7 heteroatoms. The minimum absolute atomic E-state index is 0.0547. The SMILES string of the molecule is CCCC[C@@H](NC[C@H]1CCCn2ccnc21)C(=O)Nc1cc(C)on1. The Morgan fingerprint density at radius 1 is 1.52 bits per heavy atom. The van der Waals surface area contributed by atoms with Gasteiger partial charge in [0.1, 0.15) is 11.6 Å². The highest BCUT2D eigenvalue weighted by atomic mass is 16.5. The number of aryl methyl sites for hydroxylation is 2. The van der Waals surface area contributed by atoms with Crippen molar-refractivity contribution >= 4 is 11.7 Å². The van der Waals surface area contributed by atoms with E-state index in [4.69, 9.17) is 4.52 Å². The summed E-state index contributed by atoms with van der Waals surface area (Å²) in [6.07, 6.45) is 9.02. The van der Waals surface area contributed by atoms with E-state index in [9.17, 15) is 4.79 Å². The summed E-state index contributed by atoms with van der Waals surface area (Å²) in [4.78, 5) is 17.1. The number of unbranched alkanes of at least 4 members (excludes halogenated alkanes) is 1.